The highest BCUT2D eigenvalue weighted by Crippen LogP contribution is 2.31. The predicted molar refractivity (Wildman–Crippen MR) is 72.7 cm³/mol. The Morgan fingerprint density at radius 2 is 1.69 bits per heavy atom. The second-order valence-corrected chi connectivity index (χ2v) is 5.61. The van der Waals surface area contributed by atoms with Gasteiger partial charge in [-0.3, -0.25) is 0 Å². The molecule has 0 spiro atoms. The van der Waals surface area contributed by atoms with Crippen LogP contribution >= 0.6 is 34.8 Å². The average Bonchev–Trinajstić information content (AvgIpc) is 2.24. The third-order valence-electron chi connectivity index (χ3n) is 2.77. The van der Waals surface area contributed by atoms with Crippen LogP contribution in [0.3, 0.4) is 0 Å². The molecule has 1 N–H and O–H groups in total. The molecule has 0 aliphatic heterocycles. The summed E-state index contributed by atoms with van der Waals surface area (Å²) < 4.78 is 0. The van der Waals surface area contributed by atoms with Crippen molar-refractivity contribution in [1.29, 1.82) is 0 Å². The lowest BCUT2D eigenvalue weighted by atomic mass is 10.0. The van der Waals surface area contributed by atoms with Crippen LogP contribution < -0.4 is 5.32 Å². The Hall–Kier alpha value is 0.0500. The Balaban J connectivity index is 2.86. The first kappa shape index (κ1) is 14.1. The quantitative estimate of drug-likeness (QED) is 0.772. The van der Waals surface area contributed by atoms with Crippen molar-refractivity contribution in [2.24, 2.45) is 0 Å². The van der Waals surface area contributed by atoms with E-state index in [2.05, 4.69) is 26.1 Å². The van der Waals surface area contributed by atoms with Gasteiger partial charge in [-0.05, 0) is 32.4 Å². The molecule has 0 fully saturated rings. The molecule has 1 rings (SSSR count). The highest BCUT2D eigenvalue weighted by Gasteiger charge is 2.16. The average molecular weight is 281 g/mol. The maximum Gasteiger partial charge on any atom is 0.0652 e. The molecule has 0 unspecified atom stereocenters. The summed E-state index contributed by atoms with van der Waals surface area (Å²) in [5.74, 6) is 0. The first-order chi connectivity index (χ1) is 7.37. The van der Waals surface area contributed by atoms with E-state index in [1.807, 2.05) is 0 Å². The van der Waals surface area contributed by atoms with Crippen LogP contribution in [0.5, 0.6) is 0 Å². The van der Waals surface area contributed by atoms with E-state index >= 15 is 0 Å². The molecule has 0 saturated carbocycles. The normalized spacial score (nSPS) is 11.9. The van der Waals surface area contributed by atoms with Gasteiger partial charge in [0.05, 0.1) is 10.0 Å². The van der Waals surface area contributed by atoms with Crippen LogP contribution in [0.15, 0.2) is 12.1 Å². The Bertz CT molecular complexity index is 375. The number of hydrogen-bond donors (Lipinski definition) is 1. The van der Waals surface area contributed by atoms with Crippen LogP contribution in [0.4, 0.5) is 0 Å². The summed E-state index contributed by atoms with van der Waals surface area (Å²) in [6.45, 7) is 7.03. The van der Waals surface area contributed by atoms with Gasteiger partial charge >= 0.3 is 0 Å². The molecule has 0 bridgehead atoms. The Morgan fingerprint density at radius 3 is 2.25 bits per heavy atom. The molecule has 0 heterocycles. The molecule has 16 heavy (non-hydrogen) atoms. The second kappa shape index (κ2) is 5.59. The second-order valence-electron chi connectivity index (χ2n) is 4.41. The van der Waals surface area contributed by atoms with Crippen LogP contribution in [0, 0.1) is 0 Å². The monoisotopic (exact) mass is 279 g/mol. The fourth-order valence-corrected chi connectivity index (χ4v) is 1.87. The lowest BCUT2D eigenvalue weighted by Crippen LogP contribution is -2.37. The van der Waals surface area contributed by atoms with Gasteiger partial charge in [-0.2, -0.15) is 0 Å². The van der Waals surface area contributed by atoms with Crippen molar-refractivity contribution >= 4 is 34.8 Å². The van der Waals surface area contributed by atoms with Crippen molar-refractivity contribution in [3.8, 4) is 0 Å². The zero-order valence-corrected chi connectivity index (χ0v) is 12.0. The molecule has 0 radical (unpaired) electrons. The lowest BCUT2D eigenvalue weighted by molar-refractivity contribution is 0.374. The fourth-order valence-electron chi connectivity index (χ4n) is 1.18. The van der Waals surface area contributed by atoms with Crippen molar-refractivity contribution in [3.63, 3.8) is 0 Å². The van der Waals surface area contributed by atoms with E-state index in [0.717, 1.165) is 12.0 Å². The first-order valence-corrected chi connectivity index (χ1v) is 6.38. The molecule has 1 aromatic carbocycles. The third-order valence-corrected chi connectivity index (χ3v) is 3.96. The minimum Gasteiger partial charge on any atom is -0.308 e. The fraction of sp³-hybridized carbons (Fsp3) is 0.500. The van der Waals surface area contributed by atoms with E-state index in [-0.39, 0.29) is 5.54 Å². The molecule has 1 nitrogen and oxygen atoms in total. The summed E-state index contributed by atoms with van der Waals surface area (Å²) in [4.78, 5) is 0. The van der Waals surface area contributed by atoms with Gasteiger partial charge in [-0.25, -0.2) is 0 Å². The van der Waals surface area contributed by atoms with E-state index in [4.69, 9.17) is 34.8 Å². The van der Waals surface area contributed by atoms with Crippen molar-refractivity contribution < 1.29 is 0 Å². The molecular weight excluding hydrogens is 264 g/mol. The van der Waals surface area contributed by atoms with Gasteiger partial charge in [0.15, 0.2) is 0 Å². The predicted octanol–water partition coefficient (Wildman–Crippen LogP) is 4.93. The zero-order valence-electron chi connectivity index (χ0n) is 9.70. The maximum atomic E-state index is 6.11. The van der Waals surface area contributed by atoms with E-state index in [0.29, 0.717) is 21.6 Å². The van der Waals surface area contributed by atoms with Crippen LogP contribution in [-0.2, 0) is 6.54 Å². The van der Waals surface area contributed by atoms with Gasteiger partial charge in [-0.1, -0.05) is 41.7 Å². The lowest BCUT2D eigenvalue weighted by Gasteiger charge is -2.25. The highest BCUT2D eigenvalue weighted by atomic mass is 35.5. The van der Waals surface area contributed by atoms with Crippen LogP contribution in [0.2, 0.25) is 15.1 Å². The van der Waals surface area contributed by atoms with Crippen molar-refractivity contribution in [2.45, 2.75) is 39.3 Å². The molecular formula is C12H16Cl3N. The van der Waals surface area contributed by atoms with E-state index in [9.17, 15) is 0 Å². The number of rotatable bonds is 4. The van der Waals surface area contributed by atoms with Gasteiger partial charge in [0.1, 0.15) is 0 Å². The number of hydrogen-bond acceptors (Lipinski definition) is 1. The minimum atomic E-state index is 0.0645. The minimum absolute atomic E-state index is 0.0645. The zero-order chi connectivity index (χ0) is 12.3. The van der Waals surface area contributed by atoms with Gasteiger partial charge < -0.3 is 5.32 Å². The van der Waals surface area contributed by atoms with Gasteiger partial charge in [-0.15, -0.1) is 0 Å². The van der Waals surface area contributed by atoms with Crippen molar-refractivity contribution in [1.82, 2.24) is 5.32 Å². The summed E-state index contributed by atoms with van der Waals surface area (Å²) in [6.07, 6.45) is 1.03. The number of halogens is 3. The molecule has 0 aliphatic carbocycles. The van der Waals surface area contributed by atoms with E-state index < -0.39 is 0 Å². The standard InChI is InChI=1S/C12H16Cl3N/c1-4-12(2,3)16-7-8-9(13)5-6-10(14)11(8)15/h5-6,16H,4,7H2,1-3H3. The topological polar surface area (TPSA) is 12.0 Å². The number of benzene rings is 1. The van der Waals surface area contributed by atoms with Crippen LogP contribution in [0.1, 0.15) is 32.8 Å². The third kappa shape index (κ3) is 3.53. The molecule has 0 saturated heterocycles. The Kier molecular flexibility index (Phi) is 4.93. The summed E-state index contributed by atoms with van der Waals surface area (Å²) in [5.41, 5.74) is 0.923. The molecule has 1 aromatic rings. The molecule has 0 aromatic heterocycles. The summed E-state index contributed by atoms with van der Waals surface area (Å²) in [6, 6.07) is 3.48. The van der Waals surface area contributed by atoms with E-state index in [1.54, 1.807) is 12.1 Å². The van der Waals surface area contributed by atoms with Gasteiger partial charge in [0, 0.05) is 22.7 Å². The largest absolute Gasteiger partial charge is 0.308 e. The Morgan fingerprint density at radius 1 is 1.12 bits per heavy atom. The Labute approximate surface area is 112 Å². The summed E-state index contributed by atoms with van der Waals surface area (Å²) >= 11 is 18.2. The SMILES string of the molecule is CCC(C)(C)NCc1c(Cl)ccc(Cl)c1Cl. The van der Waals surface area contributed by atoms with Crippen molar-refractivity contribution in [2.75, 3.05) is 0 Å². The maximum absolute atomic E-state index is 6.11. The molecule has 0 aliphatic rings. The molecule has 4 heteroatoms. The van der Waals surface area contributed by atoms with E-state index in [1.165, 1.54) is 0 Å². The van der Waals surface area contributed by atoms with Gasteiger partial charge in [0.2, 0.25) is 0 Å². The highest BCUT2D eigenvalue weighted by molar-refractivity contribution is 6.44. The molecule has 0 atom stereocenters. The first-order valence-electron chi connectivity index (χ1n) is 5.25. The summed E-state index contributed by atoms with van der Waals surface area (Å²) in [5, 5.41) is 5.13. The molecule has 90 valence electrons. The van der Waals surface area contributed by atoms with Crippen LogP contribution in [0.25, 0.3) is 0 Å². The summed E-state index contributed by atoms with van der Waals surface area (Å²) in [7, 11) is 0. The molecule has 0 amide bonds. The smallest absolute Gasteiger partial charge is 0.0652 e. The van der Waals surface area contributed by atoms with Crippen LogP contribution in [-0.4, -0.2) is 5.54 Å². The van der Waals surface area contributed by atoms with Crippen molar-refractivity contribution in [3.05, 3.63) is 32.8 Å². The van der Waals surface area contributed by atoms with Gasteiger partial charge in [0.25, 0.3) is 0 Å². The number of nitrogens with one attached hydrogen (secondary N) is 1.